The lowest BCUT2D eigenvalue weighted by molar-refractivity contribution is -0.164. The molecule has 2 atom stereocenters. The maximum Gasteiger partial charge on any atom is 0.340 e. The minimum Gasteiger partial charge on any atom is -0.479 e. The number of hydrogen-bond acceptors (Lipinski definition) is 3. The molecule has 13 heavy (non-hydrogen) atoms. The number of furan rings is 1. The second-order valence-electron chi connectivity index (χ2n) is 3.49. The van der Waals surface area contributed by atoms with Crippen molar-refractivity contribution >= 4 is 5.97 Å². The number of aliphatic carboxylic acids is 1. The first-order valence-electron chi connectivity index (χ1n) is 4.08. The van der Waals surface area contributed by atoms with E-state index in [1.54, 1.807) is 6.92 Å². The Kier molecular flexibility index (Phi) is 1.51. The van der Waals surface area contributed by atoms with Crippen molar-refractivity contribution in [3.63, 3.8) is 0 Å². The Balaban J connectivity index is 2.56. The van der Waals surface area contributed by atoms with Gasteiger partial charge in [0.1, 0.15) is 0 Å². The molecule has 1 aliphatic rings. The van der Waals surface area contributed by atoms with Gasteiger partial charge < -0.3 is 14.6 Å². The second kappa shape index (κ2) is 2.35. The first-order chi connectivity index (χ1) is 6.06. The predicted octanol–water partition coefficient (Wildman–Crippen LogP) is 0.744. The van der Waals surface area contributed by atoms with Crippen molar-refractivity contribution in [1.82, 2.24) is 0 Å². The standard InChI is InChI=1S/C9H10O4/c1-5-2-6-3-13-4-7(6)9(5,12)8(10)11/h3-5,12H,2H2,1H3,(H,10,11). The predicted molar refractivity (Wildman–Crippen MR) is 43.1 cm³/mol. The molecule has 0 amide bonds. The average molecular weight is 182 g/mol. The molecule has 1 aromatic rings. The molecule has 0 aliphatic heterocycles. The third kappa shape index (κ3) is 0.862. The highest BCUT2D eigenvalue weighted by Crippen LogP contribution is 2.41. The third-order valence-electron chi connectivity index (χ3n) is 2.72. The van der Waals surface area contributed by atoms with Gasteiger partial charge in [0, 0.05) is 11.5 Å². The fourth-order valence-corrected chi connectivity index (χ4v) is 1.89. The Morgan fingerprint density at radius 1 is 1.69 bits per heavy atom. The molecule has 0 radical (unpaired) electrons. The summed E-state index contributed by atoms with van der Waals surface area (Å²) in [5.74, 6) is -1.51. The van der Waals surface area contributed by atoms with E-state index in [-0.39, 0.29) is 5.92 Å². The van der Waals surface area contributed by atoms with Crippen LogP contribution in [-0.2, 0) is 16.8 Å². The van der Waals surface area contributed by atoms with Crippen molar-refractivity contribution < 1.29 is 19.4 Å². The lowest BCUT2D eigenvalue weighted by atomic mass is 9.90. The fourth-order valence-electron chi connectivity index (χ4n) is 1.89. The van der Waals surface area contributed by atoms with Crippen molar-refractivity contribution in [3.05, 3.63) is 23.7 Å². The van der Waals surface area contributed by atoms with Crippen LogP contribution in [-0.4, -0.2) is 16.2 Å². The summed E-state index contributed by atoms with van der Waals surface area (Å²) in [6.45, 7) is 1.72. The summed E-state index contributed by atoms with van der Waals surface area (Å²) in [5, 5.41) is 18.8. The molecule has 4 nitrogen and oxygen atoms in total. The van der Waals surface area contributed by atoms with Crippen LogP contribution < -0.4 is 0 Å². The highest BCUT2D eigenvalue weighted by molar-refractivity contribution is 5.81. The molecule has 1 aromatic heterocycles. The second-order valence-corrected chi connectivity index (χ2v) is 3.49. The van der Waals surface area contributed by atoms with E-state index in [9.17, 15) is 9.90 Å². The van der Waals surface area contributed by atoms with Crippen LogP contribution in [0.2, 0.25) is 0 Å². The lowest BCUT2D eigenvalue weighted by Crippen LogP contribution is -2.38. The minimum atomic E-state index is -1.76. The number of hydrogen-bond donors (Lipinski definition) is 2. The van der Waals surface area contributed by atoms with Gasteiger partial charge >= 0.3 is 5.97 Å². The van der Waals surface area contributed by atoms with Gasteiger partial charge in [0.25, 0.3) is 0 Å². The van der Waals surface area contributed by atoms with Crippen LogP contribution in [0.3, 0.4) is 0 Å². The highest BCUT2D eigenvalue weighted by Gasteiger charge is 2.50. The Bertz CT molecular complexity index is 354. The van der Waals surface area contributed by atoms with Gasteiger partial charge in [-0.2, -0.15) is 0 Å². The Morgan fingerprint density at radius 3 is 3.00 bits per heavy atom. The van der Waals surface area contributed by atoms with Crippen molar-refractivity contribution in [2.24, 2.45) is 5.92 Å². The van der Waals surface area contributed by atoms with Crippen molar-refractivity contribution in [2.45, 2.75) is 18.9 Å². The van der Waals surface area contributed by atoms with Crippen molar-refractivity contribution in [2.75, 3.05) is 0 Å². The van der Waals surface area contributed by atoms with E-state index in [1.165, 1.54) is 12.5 Å². The number of carboxylic acids is 1. The first-order valence-corrected chi connectivity index (χ1v) is 4.08. The molecule has 1 heterocycles. The highest BCUT2D eigenvalue weighted by atomic mass is 16.4. The molecule has 1 aliphatic carbocycles. The molecule has 4 heteroatoms. The third-order valence-corrected chi connectivity index (χ3v) is 2.72. The zero-order valence-electron chi connectivity index (χ0n) is 7.15. The van der Waals surface area contributed by atoms with E-state index >= 15 is 0 Å². The van der Waals surface area contributed by atoms with Gasteiger partial charge in [-0.05, 0) is 12.0 Å². The molecule has 0 aromatic carbocycles. The largest absolute Gasteiger partial charge is 0.479 e. The van der Waals surface area contributed by atoms with E-state index in [4.69, 9.17) is 9.52 Å². The number of carboxylic acid groups (broad SMARTS) is 1. The molecule has 0 bridgehead atoms. The zero-order chi connectivity index (χ0) is 9.64. The molecular formula is C9H10O4. The monoisotopic (exact) mass is 182 g/mol. The lowest BCUT2D eigenvalue weighted by Gasteiger charge is -2.22. The smallest absolute Gasteiger partial charge is 0.340 e. The summed E-state index contributed by atoms with van der Waals surface area (Å²) in [7, 11) is 0. The molecule has 0 saturated heterocycles. The molecular weight excluding hydrogens is 172 g/mol. The van der Waals surface area contributed by atoms with Gasteiger partial charge in [0.05, 0.1) is 12.5 Å². The molecule has 2 unspecified atom stereocenters. The number of aliphatic hydroxyl groups is 1. The van der Waals surface area contributed by atoms with E-state index in [0.29, 0.717) is 12.0 Å². The number of rotatable bonds is 1. The summed E-state index contributed by atoms with van der Waals surface area (Å²) >= 11 is 0. The Hall–Kier alpha value is -1.29. The number of fused-ring (bicyclic) bond motifs is 1. The molecule has 0 spiro atoms. The SMILES string of the molecule is CC1Cc2cocc2C1(O)C(=O)O. The maximum atomic E-state index is 10.9. The van der Waals surface area contributed by atoms with Crippen LogP contribution in [0.1, 0.15) is 18.1 Å². The van der Waals surface area contributed by atoms with Crippen molar-refractivity contribution in [3.8, 4) is 0 Å². The van der Waals surface area contributed by atoms with Crippen LogP contribution in [0.25, 0.3) is 0 Å². The normalized spacial score (nSPS) is 31.7. The summed E-state index contributed by atoms with van der Waals surface area (Å²) in [6, 6.07) is 0. The van der Waals surface area contributed by atoms with Crippen LogP contribution >= 0.6 is 0 Å². The molecule has 2 N–H and O–H groups in total. The Labute approximate surface area is 74.8 Å². The molecule has 2 rings (SSSR count). The first kappa shape index (κ1) is 8.31. The van der Waals surface area contributed by atoms with Gasteiger partial charge in [-0.3, -0.25) is 0 Å². The van der Waals surface area contributed by atoms with E-state index in [1.807, 2.05) is 0 Å². The molecule has 70 valence electrons. The molecule has 0 fully saturated rings. The Morgan fingerprint density at radius 2 is 2.38 bits per heavy atom. The quantitative estimate of drug-likeness (QED) is 0.672. The summed E-state index contributed by atoms with van der Waals surface area (Å²) in [6.07, 6.45) is 3.36. The number of carbonyl (C=O) groups is 1. The van der Waals surface area contributed by atoms with Crippen LogP contribution in [0, 0.1) is 5.92 Å². The van der Waals surface area contributed by atoms with Gasteiger partial charge in [-0.1, -0.05) is 6.92 Å². The van der Waals surface area contributed by atoms with E-state index < -0.39 is 11.6 Å². The van der Waals surface area contributed by atoms with Crippen molar-refractivity contribution in [1.29, 1.82) is 0 Å². The van der Waals surface area contributed by atoms with Gasteiger partial charge in [-0.15, -0.1) is 0 Å². The minimum absolute atomic E-state index is 0.300. The van der Waals surface area contributed by atoms with Crippen LogP contribution in [0.5, 0.6) is 0 Å². The van der Waals surface area contributed by atoms with Gasteiger partial charge in [0.15, 0.2) is 5.60 Å². The van der Waals surface area contributed by atoms with E-state index in [2.05, 4.69) is 0 Å². The van der Waals surface area contributed by atoms with Gasteiger partial charge in [-0.25, -0.2) is 4.79 Å². The van der Waals surface area contributed by atoms with Gasteiger partial charge in [0.2, 0.25) is 0 Å². The van der Waals surface area contributed by atoms with Crippen LogP contribution in [0.4, 0.5) is 0 Å². The van der Waals surface area contributed by atoms with E-state index in [0.717, 1.165) is 5.56 Å². The molecule has 0 saturated carbocycles. The topological polar surface area (TPSA) is 70.7 Å². The summed E-state index contributed by atoms with van der Waals surface area (Å²) in [4.78, 5) is 10.9. The average Bonchev–Trinajstić information content (AvgIpc) is 2.57. The van der Waals surface area contributed by atoms with Crippen LogP contribution in [0.15, 0.2) is 16.9 Å². The maximum absolute atomic E-state index is 10.9. The fraction of sp³-hybridized carbons (Fsp3) is 0.444. The summed E-state index contributed by atoms with van der Waals surface area (Å²) < 4.78 is 4.86. The summed E-state index contributed by atoms with van der Waals surface area (Å²) in [5.41, 5.74) is -0.576. The zero-order valence-corrected chi connectivity index (χ0v) is 7.15.